The van der Waals surface area contributed by atoms with Gasteiger partial charge in [0.25, 0.3) is 0 Å². The Morgan fingerprint density at radius 2 is 2.50 bits per heavy atom. The number of hydrogen-bond acceptors (Lipinski definition) is 2. The quantitative estimate of drug-likeness (QED) is 0.561. The maximum atomic E-state index is 11.3. The van der Waals surface area contributed by atoms with Crippen molar-refractivity contribution in [2.45, 2.75) is 13.3 Å². The van der Waals surface area contributed by atoms with E-state index in [0.717, 1.165) is 17.9 Å². The van der Waals surface area contributed by atoms with Crippen molar-refractivity contribution < 1.29 is 4.79 Å². The highest BCUT2D eigenvalue weighted by Crippen LogP contribution is 2.06. The zero-order chi connectivity index (χ0) is 8.81. The Labute approximate surface area is 76.7 Å². The fourth-order valence-electron chi connectivity index (χ4n) is 0.891. The number of thioether (sulfide) groups is 1. The van der Waals surface area contributed by atoms with Crippen molar-refractivity contribution in [3.05, 3.63) is 24.0 Å². The molecule has 12 heavy (non-hydrogen) atoms. The van der Waals surface area contributed by atoms with E-state index in [2.05, 4.69) is 11.9 Å². The van der Waals surface area contributed by atoms with Crippen LogP contribution in [0.2, 0.25) is 0 Å². The van der Waals surface area contributed by atoms with Crippen molar-refractivity contribution in [1.29, 1.82) is 0 Å². The molecule has 0 aliphatic heterocycles. The second-order valence-electron chi connectivity index (χ2n) is 2.56. The van der Waals surface area contributed by atoms with Gasteiger partial charge in [0.15, 0.2) is 5.78 Å². The summed E-state index contributed by atoms with van der Waals surface area (Å²) in [6.45, 7) is 2.12. The van der Waals surface area contributed by atoms with Gasteiger partial charge in [0, 0.05) is 6.20 Å². The Balaban J connectivity index is 2.30. The molecule has 0 fully saturated rings. The molecular weight excluding hydrogens is 170 g/mol. The van der Waals surface area contributed by atoms with Crippen LogP contribution in [0.15, 0.2) is 18.3 Å². The smallest absolute Gasteiger partial charge is 0.188 e. The number of aromatic amines is 1. The SMILES string of the molecule is CCCSCC(=O)c1ccc[nH]1. The van der Waals surface area contributed by atoms with Crippen LogP contribution >= 0.6 is 11.8 Å². The molecule has 0 saturated carbocycles. The van der Waals surface area contributed by atoms with Crippen LogP contribution in [-0.2, 0) is 0 Å². The summed E-state index contributed by atoms with van der Waals surface area (Å²) in [4.78, 5) is 14.2. The van der Waals surface area contributed by atoms with Crippen LogP contribution < -0.4 is 0 Å². The minimum absolute atomic E-state index is 0.193. The van der Waals surface area contributed by atoms with Gasteiger partial charge in [0.2, 0.25) is 0 Å². The van der Waals surface area contributed by atoms with Crippen LogP contribution in [0.1, 0.15) is 23.8 Å². The van der Waals surface area contributed by atoms with E-state index in [0.29, 0.717) is 5.75 Å². The highest BCUT2D eigenvalue weighted by atomic mass is 32.2. The molecule has 0 aliphatic rings. The third-order valence-electron chi connectivity index (χ3n) is 1.48. The molecule has 0 bridgehead atoms. The minimum atomic E-state index is 0.193. The molecule has 3 heteroatoms. The maximum absolute atomic E-state index is 11.3. The van der Waals surface area contributed by atoms with Crippen LogP contribution in [0.3, 0.4) is 0 Å². The molecule has 0 saturated heterocycles. The molecule has 0 aromatic carbocycles. The van der Waals surface area contributed by atoms with Gasteiger partial charge in [-0.1, -0.05) is 6.92 Å². The number of carbonyl (C=O) groups is 1. The highest BCUT2D eigenvalue weighted by Gasteiger charge is 2.04. The first-order valence-corrected chi connectivity index (χ1v) is 5.24. The maximum Gasteiger partial charge on any atom is 0.188 e. The number of carbonyl (C=O) groups excluding carboxylic acids is 1. The molecule has 0 spiro atoms. The van der Waals surface area contributed by atoms with E-state index < -0.39 is 0 Å². The minimum Gasteiger partial charge on any atom is -0.359 e. The van der Waals surface area contributed by atoms with Crippen molar-refractivity contribution in [1.82, 2.24) is 4.98 Å². The lowest BCUT2D eigenvalue weighted by Crippen LogP contribution is -2.02. The zero-order valence-corrected chi connectivity index (χ0v) is 7.99. The second kappa shape index (κ2) is 5.04. The molecule has 1 heterocycles. The zero-order valence-electron chi connectivity index (χ0n) is 7.17. The lowest BCUT2D eigenvalue weighted by molar-refractivity contribution is 0.101. The topological polar surface area (TPSA) is 32.9 Å². The Kier molecular flexibility index (Phi) is 3.94. The summed E-state index contributed by atoms with van der Waals surface area (Å²) in [7, 11) is 0. The summed E-state index contributed by atoms with van der Waals surface area (Å²) < 4.78 is 0. The van der Waals surface area contributed by atoms with Crippen LogP contribution in [0.5, 0.6) is 0 Å². The monoisotopic (exact) mass is 183 g/mol. The molecular formula is C9H13NOS. The van der Waals surface area contributed by atoms with Gasteiger partial charge in [-0.05, 0) is 24.3 Å². The summed E-state index contributed by atoms with van der Waals surface area (Å²) in [6.07, 6.45) is 2.90. The molecule has 0 radical (unpaired) electrons. The average Bonchev–Trinajstić information content (AvgIpc) is 2.56. The van der Waals surface area contributed by atoms with Gasteiger partial charge < -0.3 is 4.98 Å². The molecule has 0 atom stereocenters. The van der Waals surface area contributed by atoms with E-state index >= 15 is 0 Å². The lowest BCUT2D eigenvalue weighted by atomic mass is 10.3. The normalized spacial score (nSPS) is 10.1. The standard InChI is InChI=1S/C9H13NOS/c1-2-6-12-7-9(11)8-4-3-5-10-8/h3-5,10H,2,6-7H2,1H3. The van der Waals surface area contributed by atoms with Crippen molar-refractivity contribution in [3.63, 3.8) is 0 Å². The fraction of sp³-hybridized carbons (Fsp3) is 0.444. The van der Waals surface area contributed by atoms with Crippen LogP contribution in [-0.4, -0.2) is 22.3 Å². The first-order chi connectivity index (χ1) is 5.84. The number of rotatable bonds is 5. The third kappa shape index (κ3) is 2.74. The van der Waals surface area contributed by atoms with Gasteiger partial charge in [0.05, 0.1) is 11.4 Å². The average molecular weight is 183 g/mol. The van der Waals surface area contributed by atoms with Crippen LogP contribution in [0, 0.1) is 0 Å². The van der Waals surface area contributed by atoms with Gasteiger partial charge in [-0.2, -0.15) is 11.8 Å². The molecule has 1 aromatic rings. The molecule has 66 valence electrons. The van der Waals surface area contributed by atoms with Gasteiger partial charge in [0.1, 0.15) is 0 Å². The van der Waals surface area contributed by atoms with E-state index in [-0.39, 0.29) is 5.78 Å². The Morgan fingerprint density at radius 1 is 1.67 bits per heavy atom. The molecule has 0 amide bonds. The summed E-state index contributed by atoms with van der Waals surface area (Å²) in [5, 5.41) is 0. The first-order valence-electron chi connectivity index (χ1n) is 4.09. The van der Waals surface area contributed by atoms with Crippen molar-refractivity contribution >= 4 is 17.5 Å². The van der Waals surface area contributed by atoms with Crippen molar-refractivity contribution in [3.8, 4) is 0 Å². The first kappa shape index (κ1) is 9.39. The van der Waals surface area contributed by atoms with Crippen LogP contribution in [0.4, 0.5) is 0 Å². The second-order valence-corrected chi connectivity index (χ2v) is 3.66. The Hall–Kier alpha value is -0.700. The predicted molar refractivity (Wildman–Crippen MR) is 52.7 cm³/mol. The number of ketones is 1. The Morgan fingerprint density at radius 3 is 3.08 bits per heavy atom. The van der Waals surface area contributed by atoms with Gasteiger partial charge in [-0.25, -0.2) is 0 Å². The van der Waals surface area contributed by atoms with E-state index in [1.165, 1.54) is 0 Å². The third-order valence-corrected chi connectivity index (χ3v) is 2.64. The molecule has 1 aromatic heterocycles. The fourth-order valence-corrected chi connectivity index (χ4v) is 1.66. The molecule has 2 nitrogen and oxygen atoms in total. The predicted octanol–water partition coefficient (Wildman–Crippen LogP) is 2.34. The number of aromatic nitrogens is 1. The molecule has 0 aliphatic carbocycles. The van der Waals surface area contributed by atoms with E-state index in [9.17, 15) is 4.79 Å². The molecule has 0 unspecified atom stereocenters. The molecule has 1 N–H and O–H groups in total. The summed E-state index contributed by atoms with van der Waals surface area (Å²) in [5.41, 5.74) is 0.721. The van der Waals surface area contributed by atoms with E-state index in [1.54, 1.807) is 18.0 Å². The number of H-pyrrole nitrogens is 1. The van der Waals surface area contributed by atoms with Gasteiger partial charge in [-0.3, -0.25) is 4.79 Å². The summed E-state index contributed by atoms with van der Waals surface area (Å²) in [5.74, 6) is 1.85. The van der Waals surface area contributed by atoms with Gasteiger partial charge in [-0.15, -0.1) is 0 Å². The number of hydrogen-bond donors (Lipinski definition) is 1. The number of nitrogens with one attached hydrogen (secondary N) is 1. The van der Waals surface area contributed by atoms with Crippen LogP contribution in [0.25, 0.3) is 0 Å². The largest absolute Gasteiger partial charge is 0.359 e. The van der Waals surface area contributed by atoms with Crippen molar-refractivity contribution in [2.24, 2.45) is 0 Å². The summed E-state index contributed by atoms with van der Waals surface area (Å²) in [6, 6.07) is 3.66. The van der Waals surface area contributed by atoms with Crippen molar-refractivity contribution in [2.75, 3.05) is 11.5 Å². The van der Waals surface area contributed by atoms with Gasteiger partial charge >= 0.3 is 0 Å². The number of Topliss-reactive ketones (excluding diaryl/α,β-unsaturated/α-hetero) is 1. The van der Waals surface area contributed by atoms with E-state index in [1.807, 2.05) is 12.1 Å². The van der Waals surface area contributed by atoms with E-state index in [4.69, 9.17) is 0 Å². The molecule has 1 rings (SSSR count). The Bertz CT molecular complexity index is 231. The lowest BCUT2D eigenvalue weighted by Gasteiger charge is -1.96. The summed E-state index contributed by atoms with van der Waals surface area (Å²) >= 11 is 1.69. The highest BCUT2D eigenvalue weighted by molar-refractivity contribution is 7.99.